The van der Waals surface area contributed by atoms with Crippen LogP contribution in [0.4, 0.5) is 5.82 Å². The van der Waals surface area contributed by atoms with Gasteiger partial charge >= 0.3 is 5.97 Å². The van der Waals surface area contributed by atoms with Crippen LogP contribution in [0.5, 0.6) is 0 Å². The molecule has 1 amide bonds. The molecule has 1 aromatic rings. The summed E-state index contributed by atoms with van der Waals surface area (Å²) >= 11 is 5.84. The quantitative estimate of drug-likeness (QED) is 0.632. The van der Waals surface area contributed by atoms with Gasteiger partial charge in [-0.2, -0.15) is 0 Å². The van der Waals surface area contributed by atoms with Crippen molar-refractivity contribution in [3.05, 3.63) is 27.0 Å². The van der Waals surface area contributed by atoms with Crippen LogP contribution in [0, 0.1) is 5.92 Å². The van der Waals surface area contributed by atoms with Crippen molar-refractivity contribution in [1.29, 1.82) is 0 Å². The highest BCUT2D eigenvalue weighted by Gasteiger charge is 2.22. The molecule has 2 rings (SSSR count). The third-order valence-electron chi connectivity index (χ3n) is 4.18. The van der Waals surface area contributed by atoms with Crippen LogP contribution < -0.4 is 16.6 Å². The Labute approximate surface area is 150 Å². The molecule has 138 valence electrons. The highest BCUT2D eigenvalue weighted by atomic mass is 35.5. The minimum atomic E-state index is -0.566. The summed E-state index contributed by atoms with van der Waals surface area (Å²) in [6.07, 6.45) is 1.72. The molecule has 2 heterocycles. The summed E-state index contributed by atoms with van der Waals surface area (Å²) in [6.45, 7) is 4.47. The second-order valence-corrected chi connectivity index (χ2v) is 6.42. The maximum absolute atomic E-state index is 12.2. The maximum atomic E-state index is 12.2. The molecule has 0 spiro atoms. The van der Waals surface area contributed by atoms with E-state index in [1.54, 1.807) is 6.92 Å². The van der Waals surface area contributed by atoms with Gasteiger partial charge in [0.2, 0.25) is 0 Å². The Kier molecular flexibility index (Phi) is 6.83. The zero-order chi connectivity index (χ0) is 18.4. The average Bonchev–Trinajstić information content (AvgIpc) is 2.57. The van der Waals surface area contributed by atoms with E-state index in [1.165, 1.54) is 6.07 Å². The number of hydrogen-bond acceptors (Lipinski definition) is 6. The fourth-order valence-electron chi connectivity index (χ4n) is 2.76. The molecular formula is C16H23ClN4O4. The number of carbonyl (C=O) groups excluding carboxylic acids is 2. The number of pyridine rings is 1. The van der Waals surface area contributed by atoms with Gasteiger partial charge in [-0.1, -0.05) is 11.6 Å². The Hall–Kier alpha value is -2.06. The Morgan fingerprint density at radius 1 is 1.44 bits per heavy atom. The van der Waals surface area contributed by atoms with Crippen molar-refractivity contribution in [3.8, 4) is 0 Å². The van der Waals surface area contributed by atoms with Crippen molar-refractivity contribution in [3.63, 3.8) is 0 Å². The number of hydrogen-bond donors (Lipinski definition) is 3. The van der Waals surface area contributed by atoms with Gasteiger partial charge in [-0.05, 0) is 44.8 Å². The number of amides is 1. The van der Waals surface area contributed by atoms with Crippen molar-refractivity contribution in [2.24, 2.45) is 5.92 Å². The fourth-order valence-corrected chi connectivity index (χ4v) is 2.91. The van der Waals surface area contributed by atoms with Crippen LogP contribution in [0.1, 0.15) is 30.1 Å². The molecule has 1 aliphatic heterocycles. The van der Waals surface area contributed by atoms with Gasteiger partial charge in [-0.25, -0.2) is 0 Å². The predicted octanol–water partition coefficient (Wildman–Crippen LogP) is 0.615. The molecule has 1 aromatic heterocycles. The van der Waals surface area contributed by atoms with Crippen LogP contribution >= 0.6 is 11.6 Å². The van der Waals surface area contributed by atoms with Gasteiger partial charge in [0.15, 0.2) is 0 Å². The van der Waals surface area contributed by atoms with Crippen LogP contribution in [0.15, 0.2) is 10.9 Å². The number of H-pyrrole nitrogens is 1. The number of esters is 1. The number of carbonyl (C=O) groups is 2. The average molecular weight is 371 g/mol. The third-order valence-corrected chi connectivity index (χ3v) is 4.49. The van der Waals surface area contributed by atoms with E-state index < -0.39 is 11.5 Å². The second-order valence-electron chi connectivity index (χ2n) is 6.01. The van der Waals surface area contributed by atoms with Gasteiger partial charge in [0.1, 0.15) is 11.4 Å². The van der Waals surface area contributed by atoms with Crippen LogP contribution in [0.2, 0.25) is 5.02 Å². The molecule has 0 radical (unpaired) electrons. The van der Waals surface area contributed by atoms with E-state index in [-0.39, 0.29) is 22.4 Å². The Morgan fingerprint density at radius 3 is 2.76 bits per heavy atom. The number of ether oxygens (including phenoxy) is 1. The first-order valence-electron chi connectivity index (χ1n) is 8.25. The summed E-state index contributed by atoms with van der Waals surface area (Å²) in [5.41, 5.74) is 4.87. The lowest BCUT2D eigenvalue weighted by Gasteiger charge is -2.31. The normalized spacial score (nSPS) is 15.8. The number of nitrogen functional groups attached to an aromatic ring is 1. The number of halogens is 1. The third kappa shape index (κ3) is 5.47. The molecule has 0 atom stereocenters. The topological polar surface area (TPSA) is 118 Å². The predicted molar refractivity (Wildman–Crippen MR) is 94.6 cm³/mol. The van der Waals surface area contributed by atoms with Crippen LogP contribution in [0.25, 0.3) is 0 Å². The van der Waals surface area contributed by atoms with Crippen molar-refractivity contribution < 1.29 is 14.3 Å². The molecule has 0 saturated carbocycles. The first-order valence-corrected chi connectivity index (χ1v) is 8.63. The first kappa shape index (κ1) is 19.3. The summed E-state index contributed by atoms with van der Waals surface area (Å²) in [5, 5.41) is 2.90. The molecular weight excluding hydrogens is 348 g/mol. The van der Waals surface area contributed by atoms with E-state index in [1.807, 2.05) is 4.90 Å². The molecule has 9 heteroatoms. The molecule has 0 aromatic carbocycles. The zero-order valence-corrected chi connectivity index (χ0v) is 14.9. The van der Waals surface area contributed by atoms with Crippen LogP contribution in [-0.4, -0.2) is 54.5 Å². The molecule has 1 saturated heterocycles. The van der Waals surface area contributed by atoms with Gasteiger partial charge < -0.3 is 20.8 Å². The lowest BCUT2D eigenvalue weighted by Crippen LogP contribution is -2.41. The summed E-state index contributed by atoms with van der Waals surface area (Å²) in [7, 11) is 0. The Morgan fingerprint density at radius 2 is 2.12 bits per heavy atom. The van der Waals surface area contributed by atoms with Gasteiger partial charge in [0, 0.05) is 6.54 Å². The summed E-state index contributed by atoms with van der Waals surface area (Å²) in [6, 6.07) is 1.27. The number of aromatic nitrogens is 1. The van der Waals surface area contributed by atoms with Gasteiger partial charge in [-0.15, -0.1) is 0 Å². The molecule has 1 fully saturated rings. The minimum Gasteiger partial charge on any atom is -0.465 e. The molecule has 0 unspecified atom stereocenters. The van der Waals surface area contributed by atoms with E-state index in [4.69, 9.17) is 22.1 Å². The number of nitrogens with one attached hydrogen (secondary N) is 2. The number of anilines is 1. The second kappa shape index (κ2) is 8.87. The standard InChI is InChI=1S/C16H23ClN4O4/c1-2-25-13(22)9-21-5-3-10(4-6-21)8-19-15(23)11-7-12(17)14(18)20-16(11)24/h7,10H,2-6,8-9H2,1H3,(H,19,23)(H3,18,20,24). The largest absolute Gasteiger partial charge is 0.465 e. The van der Waals surface area contributed by atoms with Gasteiger partial charge in [-0.3, -0.25) is 19.3 Å². The Bertz CT molecular complexity index is 683. The first-order chi connectivity index (χ1) is 11.9. The smallest absolute Gasteiger partial charge is 0.320 e. The SMILES string of the molecule is CCOC(=O)CN1CCC(CNC(=O)c2cc(Cl)c(N)[nH]c2=O)CC1. The van der Waals surface area contributed by atoms with Crippen molar-refractivity contribution >= 4 is 29.3 Å². The number of rotatable bonds is 6. The highest BCUT2D eigenvalue weighted by Crippen LogP contribution is 2.17. The summed E-state index contributed by atoms with van der Waals surface area (Å²) in [4.78, 5) is 39.8. The van der Waals surface area contributed by atoms with Crippen molar-refractivity contribution in [2.45, 2.75) is 19.8 Å². The highest BCUT2D eigenvalue weighted by molar-refractivity contribution is 6.33. The van der Waals surface area contributed by atoms with Crippen LogP contribution in [0.3, 0.4) is 0 Å². The Balaban J connectivity index is 1.79. The number of aromatic amines is 1. The van der Waals surface area contributed by atoms with Gasteiger partial charge in [0.05, 0.1) is 18.2 Å². The molecule has 1 aliphatic rings. The number of likely N-dealkylation sites (tertiary alicyclic amines) is 1. The number of piperidine rings is 1. The molecule has 0 aliphatic carbocycles. The lowest BCUT2D eigenvalue weighted by atomic mass is 9.96. The summed E-state index contributed by atoms with van der Waals surface area (Å²) in [5.74, 6) is -0.353. The van der Waals surface area contributed by atoms with Crippen molar-refractivity contribution in [2.75, 3.05) is 38.5 Å². The zero-order valence-electron chi connectivity index (χ0n) is 14.1. The molecule has 8 nitrogen and oxygen atoms in total. The number of nitrogens with zero attached hydrogens (tertiary/aromatic N) is 1. The summed E-state index contributed by atoms with van der Waals surface area (Å²) < 4.78 is 4.94. The fraction of sp³-hybridized carbons (Fsp3) is 0.562. The molecule has 0 bridgehead atoms. The monoisotopic (exact) mass is 370 g/mol. The number of nitrogens with two attached hydrogens (primary N) is 1. The minimum absolute atomic E-state index is 0.0391. The van der Waals surface area contributed by atoms with E-state index in [0.29, 0.717) is 25.6 Å². The molecule has 4 N–H and O–H groups in total. The van der Waals surface area contributed by atoms with E-state index in [9.17, 15) is 14.4 Å². The maximum Gasteiger partial charge on any atom is 0.320 e. The van der Waals surface area contributed by atoms with E-state index >= 15 is 0 Å². The van der Waals surface area contributed by atoms with Crippen molar-refractivity contribution in [1.82, 2.24) is 15.2 Å². The van der Waals surface area contributed by atoms with E-state index in [0.717, 1.165) is 25.9 Å². The van der Waals surface area contributed by atoms with E-state index in [2.05, 4.69) is 10.3 Å². The molecule has 25 heavy (non-hydrogen) atoms. The lowest BCUT2D eigenvalue weighted by molar-refractivity contribution is -0.144. The van der Waals surface area contributed by atoms with Gasteiger partial charge in [0.25, 0.3) is 11.5 Å². The van der Waals surface area contributed by atoms with Crippen LogP contribution in [-0.2, 0) is 9.53 Å².